The summed E-state index contributed by atoms with van der Waals surface area (Å²) >= 11 is 6.86. The highest BCUT2D eigenvalue weighted by Crippen LogP contribution is 2.64. The molecule has 6 rings (SSSR count). The van der Waals surface area contributed by atoms with Gasteiger partial charge in [-0.3, -0.25) is 14.2 Å². The van der Waals surface area contributed by atoms with Gasteiger partial charge in [0, 0.05) is 26.2 Å². The fraction of sp³-hybridized carbons (Fsp3) is 0.360. The summed E-state index contributed by atoms with van der Waals surface area (Å²) < 4.78 is 2.79. The van der Waals surface area contributed by atoms with Crippen LogP contribution in [0.4, 0.5) is 5.69 Å². The number of thiazole rings is 1. The Morgan fingerprint density at radius 2 is 1.91 bits per heavy atom. The maximum Gasteiger partial charge on any atom is 0.308 e. The van der Waals surface area contributed by atoms with Crippen molar-refractivity contribution in [2.45, 2.75) is 42.0 Å². The Bertz CT molecular complexity index is 1240. The van der Waals surface area contributed by atoms with Crippen LogP contribution in [0.5, 0.6) is 0 Å². The minimum atomic E-state index is -0.159. The lowest BCUT2D eigenvalue weighted by molar-refractivity contribution is -0.116. The van der Waals surface area contributed by atoms with Crippen LogP contribution < -0.4 is 10.2 Å². The van der Waals surface area contributed by atoms with Gasteiger partial charge >= 0.3 is 4.87 Å². The summed E-state index contributed by atoms with van der Waals surface area (Å²) in [4.78, 5) is 27.0. The maximum atomic E-state index is 13.1. The van der Waals surface area contributed by atoms with Crippen LogP contribution in [-0.4, -0.2) is 15.7 Å². The molecule has 4 nitrogen and oxygen atoms in total. The van der Waals surface area contributed by atoms with Crippen molar-refractivity contribution in [3.8, 4) is 0 Å². The first-order valence-corrected chi connectivity index (χ1v) is 13.6. The number of hydrogen-bond donors (Lipinski definition) is 1. The van der Waals surface area contributed by atoms with Gasteiger partial charge in [0.15, 0.2) is 0 Å². The first-order valence-electron chi connectivity index (χ1n) is 11.1. The molecule has 1 aromatic heterocycles. The number of thioether (sulfide) groups is 1. The van der Waals surface area contributed by atoms with Crippen LogP contribution in [-0.2, 0) is 11.3 Å². The summed E-state index contributed by atoms with van der Waals surface area (Å²) in [5, 5.41) is 4.47. The third-order valence-electron chi connectivity index (χ3n) is 7.26. The van der Waals surface area contributed by atoms with Gasteiger partial charge in [0.05, 0.1) is 5.03 Å². The SMILES string of the molecule is O=C(Cn1c2c(sc1=O)[C@@H](c1cccc(Br)c1)[C@@H]1[C@H]3CC[C@@H](C3)[C@H]1S2)Nc1ccccc1. The van der Waals surface area contributed by atoms with Crippen LogP contribution in [0.2, 0.25) is 0 Å². The van der Waals surface area contributed by atoms with E-state index in [2.05, 4.69) is 45.5 Å². The second kappa shape index (κ2) is 8.19. The summed E-state index contributed by atoms with van der Waals surface area (Å²) in [6.45, 7) is 0.0588. The number of fused-ring (bicyclic) bond motifs is 6. The second-order valence-electron chi connectivity index (χ2n) is 9.06. The van der Waals surface area contributed by atoms with Gasteiger partial charge in [-0.25, -0.2) is 0 Å². The van der Waals surface area contributed by atoms with Gasteiger partial charge in [0.1, 0.15) is 6.54 Å². The van der Waals surface area contributed by atoms with Crippen molar-refractivity contribution in [1.82, 2.24) is 4.57 Å². The van der Waals surface area contributed by atoms with Gasteiger partial charge in [-0.2, -0.15) is 0 Å². The van der Waals surface area contributed by atoms with Crippen molar-refractivity contribution < 1.29 is 4.79 Å². The standard InChI is InChI=1S/C25H23BrN2O2S2/c26-17-6-4-5-14(12-17)21-20-15-9-10-16(11-15)22(20)31-24-23(21)32-25(30)28(24)13-19(29)27-18-7-2-1-3-8-18/h1-8,12,15-16,20-22H,9-11,13H2,(H,27,29)/t15-,16-,20-,21-,22+/m0/s1. The van der Waals surface area contributed by atoms with E-state index in [1.54, 1.807) is 4.57 Å². The molecule has 2 aliphatic carbocycles. The zero-order chi connectivity index (χ0) is 21.8. The molecule has 3 aliphatic rings. The molecular formula is C25H23BrN2O2S2. The Morgan fingerprint density at radius 1 is 1.09 bits per heavy atom. The molecule has 2 heterocycles. The Labute approximate surface area is 203 Å². The first-order chi connectivity index (χ1) is 15.6. The highest BCUT2D eigenvalue weighted by atomic mass is 79.9. The van der Waals surface area contributed by atoms with Gasteiger partial charge in [-0.1, -0.05) is 57.6 Å². The molecule has 0 unspecified atom stereocenters. The van der Waals surface area contributed by atoms with E-state index in [1.165, 1.54) is 36.2 Å². The van der Waals surface area contributed by atoms with Crippen molar-refractivity contribution in [2.75, 3.05) is 5.32 Å². The smallest absolute Gasteiger partial charge is 0.308 e. The Hall–Kier alpha value is -1.83. The number of carbonyl (C=O) groups excluding carboxylic acids is 1. The van der Waals surface area contributed by atoms with Crippen molar-refractivity contribution in [1.29, 1.82) is 0 Å². The highest BCUT2D eigenvalue weighted by molar-refractivity contribution is 9.10. The van der Waals surface area contributed by atoms with Gasteiger partial charge in [0.2, 0.25) is 5.91 Å². The summed E-state index contributed by atoms with van der Waals surface area (Å²) in [6.07, 6.45) is 3.91. The quantitative estimate of drug-likeness (QED) is 0.456. The van der Waals surface area contributed by atoms with Crippen LogP contribution in [0, 0.1) is 17.8 Å². The fourth-order valence-corrected chi connectivity index (χ4v) is 9.59. The molecule has 2 aromatic carbocycles. The number of amides is 1. The lowest BCUT2D eigenvalue weighted by Gasteiger charge is -2.40. The van der Waals surface area contributed by atoms with Gasteiger partial charge in [0.25, 0.3) is 0 Å². The van der Waals surface area contributed by atoms with E-state index in [9.17, 15) is 9.59 Å². The zero-order valence-electron chi connectivity index (χ0n) is 17.4. The molecule has 2 fully saturated rings. The number of para-hydroxylation sites is 1. The van der Waals surface area contributed by atoms with Gasteiger partial charge in [-0.05, 0) is 66.8 Å². The molecule has 2 bridgehead atoms. The Balaban J connectivity index is 1.39. The number of aromatic nitrogens is 1. The van der Waals surface area contributed by atoms with E-state index in [0.717, 1.165) is 31.9 Å². The van der Waals surface area contributed by atoms with Crippen molar-refractivity contribution in [3.63, 3.8) is 0 Å². The zero-order valence-corrected chi connectivity index (χ0v) is 20.6. The minimum Gasteiger partial charge on any atom is -0.325 e. The fourth-order valence-electron chi connectivity index (χ4n) is 6.03. The molecule has 0 saturated heterocycles. The number of anilines is 1. The van der Waals surface area contributed by atoms with Crippen molar-refractivity contribution in [3.05, 3.63) is 79.2 Å². The summed E-state index contributed by atoms with van der Waals surface area (Å²) in [6, 6.07) is 18.0. The summed E-state index contributed by atoms with van der Waals surface area (Å²) in [5.74, 6) is 2.11. The predicted molar refractivity (Wildman–Crippen MR) is 134 cm³/mol. The number of carbonyl (C=O) groups is 1. The van der Waals surface area contributed by atoms with E-state index in [-0.39, 0.29) is 23.2 Å². The lowest BCUT2D eigenvalue weighted by Crippen LogP contribution is -2.34. The summed E-state index contributed by atoms with van der Waals surface area (Å²) in [5.41, 5.74) is 2.04. The van der Waals surface area contributed by atoms with Gasteiger partial charge in [-0.15, -0.1) is 11.8 Å². The Kier molecular flexibility index (Phi) is 5.31. The normalized spacial score (nSPS) is 27.7. The number of halogens is 1. The van der Waals surface area contributed by atoms with Crippen LogP contribution >= 0.6 is 39.0 Å². The number of nitrogens with one attached hydrogen (secondary N) is 1. The van der Waals surface area contributed by atoms with E-state index >= 15 is 0 Å². The monoisotopic (exact) mass is 526 g/mol. The predicted octanol–water partition coefficient (Wildman–Crippen LogP) is 5.96. The molecule has 2 saturated carbocycles. The van der Waals surface area contributed by atoms with E-state index < -0.39 is 0 Å². The second-order valence-corrected chi connectivity index (χ2v) is 12.1. The molecule has 1 aliphatic heterocycles. The first kappa shape index (κ1) is 20.8. The minimum absolute atomic E-state index is 0.0296. The summed E-state index contributed by atoms with van der Waals surface area (Å²) in [7, 11) is 0. The number of hydrogen-bond acceptors (Lipinski definition) is 4. The van der Waals surface area contributed by atoms with Crippen LogP contribution in [0.25, 0.3) is 0 Å². The Morgan fingerprint density at radius 3 is 2.72 bits per heavy atom. The van der Waals surface area contributed by atoms with Crippen LogP contribution in [0.3, 0.4) is 0 Å². The lowest BCUT2D eigenvalue weighted by atomic mass is 9.75. The third kappa shape index (κ3) is 3.49. The molecule has 7 heteroatoms. The van der Waals surface area contributed by atoms with Crippen molar-refractivity contribution in [2.24, 2.45) is 17.8 Å². The molecule has 164 valence electrons. The van der Waals surface area contributed by atoms with Gasteiger partial charge < -0.3 is 5.32 Å². The molecule has 0 spiro atoms. The van der Waals surface area contributed by atoms with E-state index in [4.69, 9.17) is 0 Å². The van der Waals surface area contributed by atoms with Crippen molar-refractivity contribution >= 4 is 50.6 Å². The number of benzene rings is 2. The molecule has 0 radical (unpaired) electrons. The van der Waals surface area contributed by atoms with E-state index in [0.29, 0.717) is 11.2 Å². The molecular weight excluding hydrogens is 504 g/mol. The topological polar surface area (TPSA) is 51.1 Å². The van der Waals surface area contributed by atoms with Crippen LogP contribution in [0.15, 0.2) is 68.9 Å². The maximum absolute atomic E-state index is 13.1. The average molecular weight is 528 g/mol. The highest BCUT2D eigenvalue weighted by Gasteiger charge is 2.55. The number of rotatable bonds is 4. The van der Waals surface area contributed by atoms with E-state index in [1.807, 2.05) is 42.1 Å². The molecule has 32 heavy (non-hydrogen) atoms. The largest absolute Gasteiger partial charge is 0.325 e. The van der Waals surface area contributed by atoms with Crippen LogP contribution in [0.1, 0.15) is 35.6 Å². The molecule has 3 aromatic rings. The number of nitrogens with zero attached hydrogens (tertiary/aromatic N) is 1. The third-order valence-corrected chi connectivity index (χ3v) is 10.6. The molecule has 5 atom stereocenters. The average Bonchev–Trinajstić information content (AvgIpc) is 3.47. The molecule has 1 amide bonds. The molecule has 1 N–H and O–H groups in total.